The Kier molecular flexibility index (Phi) is 6.37. The van der Waals surface area contributed by atoms with Crippen LogP contribution in [0, 0.1) is 5.92 Å². The van der Waals surface area contributed by atoms with Gasteiger partial charge in [-0.3, -0.25) is 0 Å². The first-order valence-electron chi connectivity index (χ1n) is 5.58. The normalized spacial score (nSPS) is 13.3. The van der Waals surface area contributed by atoms with Gasteiger partial charge in [-0.05, 0) is 36.6 Å². The van der Waals surface area contributed by atoms with E-state index < -0.39 is 0 Å². The quantitative estimate of drug-likeness (QED) is 0.717. The fourth-order valence-electron chi connectivity index (χ4n) is 1.82. The molecule has 1 aromatic heterocycles. The molecule has 3 heteroatoms. The SMILES string of the molecule is CCCC(CS)CN(C)Cc1cccs1. The molecule has 0 radical (unpaired) electrons. The van der Waals surface area contributed by atoms with E-state index >= 15 is 0 Å². The van der Waals surface area contributed by atoms with Crippen LogP contribution in [-0.2, 0) is 6.54 Å². The molecular formula is C12H21NS2. The van der Waals surface area contributed by atoms with Gasteiger partial charge >= 0.3 is 0 Å². The van der Waals surface area contributed by atoms with Crippen molar-refractivity contribution in [2.75, 3.05) is 19.3 Å². The van der Waals surface area contributed by atoms with Crippen LogP contribution in [-0.4, -0.2) is 24.2 Å². The van der Waals surface area contributed by atoms with E-state index in [4.69, 9.17) is 0 Å². The molecule has 0 bridgehead atoms. The van der Waals surface area contributed by atoms with Crippen molar-refractivity contribution in [1.82, 2.24) is 4.90 Å². The molecule has 86 valence electrons. The first kappa shape index (κ1) is 13.1. The Morgan fingerprint density at radius 3 is 2.87 bits per heavy atom. The van der Waals surface area contributed by atoms with Gasteiger partial charge in [0.2, 0.25) is 0 Å². The summed E-state index contributed by atoms with van der Waals surface area (Å²) in [6.07, 6.45) is 2.55. The van der Waals surface area contributed by atoms with E-state index in [1.54, 1.807) is 0 Å². The van der Waals surface area contributed by atoms with Gasteiger partial charge in [0.15, 0.2) is 0 Å². The number of thiol groups is 1. The summed E-state index contributed by atoms with van der Waals surface area (Å²) in [4.78, 5) is 3.86. The highest BCUT2D eigenvalue weighted by Crippen LogP contribution is 2.14. The Balaban J connectivity index is 2.30. The van der Waals surface area contributed by atoms with Crippen molar-refractivity contribution >= 4 is 24.0 Å². The van der Waals surface area contributed by atoms with Crippen LogP contribution in [0.4, 0.5) is 0 Å². The second-order valence-corrected chi connectivity index (χ2v) is 5.51. The predicted molar refractivity (Wildman–Crippen MR) is 72.9 cm³/mol. The van der Waals surface area contributed by atoms with Gasteiger partial charge in [0.1, 0.15) is 0 Å². The van der Waals surface area contributed by atoms with E-state index in [1.807, 2.05) is 11.3 Å². The third-order valence-corrected chi connectivity index (χ3v) is 3.91. The summed E-state index contributed by atoms with van der Waals surface area (Å²) in [5.74, 6) is 1.74. The van der Waals surface area contributed by atoms with Crippen molar-refractivity contribution in [3.63, 3.8) is 0 Å². The minimum atomic E-state index is 0.739. The largest absolute Gasteiger partial charge is 0.301 e. The molecule has 0 saturated heterocycles. The standard InChI is InChI=1S/C12H21NS2/c1-3-5-11(10-14)8-13(2)9-12-6-4-7-15-12/h4,6-7,11,14H,3,5,8-10H2,1-2H3. The summed E-state index contributed by atoms with van der Waals surface area (Å²) in [6.45, 7) is 4.48. The monoisotopic (exact) mass is 243 g/mol. The summed E-state index contributed by atoms with van der Waals surface area (Å²) in [7, 11) is 2.20. The molecule has 1 heterocycles. The van der Waals surface area contributed by atoms with Crippen molar-refractivity contribution in [3.8, 4) is 0 Å². The Bertz CT molecular complexity index is 246. The molecule has 1 rings (SSSR count). The maximum atomic E-state index is 4.41. The number of rotatable bonds is 7. The van der Waals surface area contributed by atoms with E-state index in [1.165, 1.54) is 17.7 Å². The van der Waals surface area contributed by atoms with Gasteiger partial charge in [-0.1, -0.05) is 19.4 Å². The lowest BCUT2D eigenvalue weighted by Crippen LogP contribution is -2.26. The smallest absolute Gasteiger partial charge is 0.0324 e. The molecule has 1 atom stereocenters. The van der Waals surface area contributed by atoms with Gasteiger partial charge < -0.3 is 4.90 Å². The van der Waals surface area contributed by atoms with E-state index in [0.717, 1.165) is 24.8 Å². The highest BCUT2D eigenvalue weighted by atomic mass is 32.1. The van der Waals surface area contributed by atoms with Crippen LogP contribution in [0.1, 0.15) is 24.6 Å². The predicted octanol–water partition coefficient (Wildman–Crippen LogP) is 3.53. The van der Waals surface area contributed by atoms with Crippen LogP contribution in [0.3, 0.4) is 0 Å². The molecule has 0 amide bonds. The molecule has 1 unspecified atom stereocenters. The maximum absolute atomic E-state index is 4.41. The maximum Gasteiger partial charge on any atom is 0.0324 e. The van der Waals surface area contributed by atoms with Crippen molar-refractivity contribution in [2.45, 2.75) is 26.3 Å². The van der Waals surface area contributed by atoms with Crippen molar-refractivity contribution in [2.24, 2.45) is 5.92 Å². The molecule has 0 aliphatic heterocycles. The summed E-state index contributed by atoms with van der Waals surface area (Å²) in [5.41, 5.74) is 0. The summed E-state index contributed by atoms with van der Waals surface area (Å²) < 4.78 is 0. The van der Waals surface area contributed by atoms with Crippen LogP contribution >= 0.6 is 24.0 Å². The Hall–Kier alpha value is 0.01000. The molecule has 0 spiro atoms. The molecule has 0 aromatic carbocycles. The van der Waals surface area contributed by atoms with Crippen LogP contribution in [0.2, 0.25) is 0 Å². The number of thiophene rings is 1. The van der Waals surface area contributed by atoms with Crippen molar-refractivity contribution < 1.29 is 0 Å². The molecule has 0 saturated carbocycles. The molecule has 0 fully saturated rings. The second-order valence-electron chi connectivity index (χ2n) is 4.11. The number of hydrogen-bond acceptors (Lipinski definition) is 3. The third-order valence-electron chi connectivity index (χ3n) is 2.53. The van der Waals surface area contributed by atoms with Gasteiger partial charge in [-0.2, -0.15) is 12.6 Å². The van der Waals surface area contributed by atoms with E-state index in [0.29, 0.717) is 0 Å². The highest BCUT2D eigenvalue weighted by Gasteiger charge is 2.09. The second kappa shape index (κ2) is 7.31. The van der Waals surface area contributed by atoms with Crippen LogP contribution < -0.4 is 0 Å². The minimum Gasteiger partial charge on any atom is -0.301 e. The Morgan fingerprint density at radius 1 is 1.53 bits per heavy atom. The molecular weight excluding hydrogens is 222 g/mol. The van der Waals surface area contributed by atoms with Crippen LogP contribution in [0.5, 0.6) is 0 Å². The average molecular weight is 243 g/mol. The zero-order chi connectivity index (χ0) is 11.1. The molecule has 0 N–H and O–H groups in total. The first-order valence-corrected chi connectivity index (χ1v) is 7.09. The van der Waals surface area contributed by atoms with Crippen molar-refractivity contribution in [1.29, 1.82) is 0 Å². The summed E-state index contributed by atoms with van der Waals surface area (Å²) in [6, 6.07) is 4.33. The Labute approximate surface area is 103 Å². The topological polar surface area (TPSA) is 3.24 Å². The average Bonchev–Trinajstić information content (AvgIpc) is 2.69. The van der Waals surface area contributed by atoms with E-state index in [9.17, 15) is 0 Å². The van der Waals surface area contributed by atoms with Gasteiger partial charge in [0.05, 0.1) is 0 Å². The number of hydrogen-bond donors (Lipinski definition) is 1. The lowest BCUT2D eigenvalue weighted by atomic mass is 10.1. The molecule has 0 aliphatic rings. The first-order chi connectivity index (χ1) is 7.26. The lowest BCUT2D eigenvalue weighted by molar-refractivity contribution is 0.275. The molecule has 0 aliphatic carbocycles. The lowest BCUT2D eigenvalue weighted by Gasteiger charge is -2.21. The zero-order valence-electron chi connectivity index (χ0n) is 9.65. The fourth-order valence-corrected chi connectivity index (χ4v) is 2.90. The zero-order valence-corrected chi connectivity index (χ0v) is 11.4. The van der Waals surface area contributed by atoms with Gasteiger partial charge in [-0.25, -0.2) is 0 Å². The van der Waals surface area contributed by atoms with E-state index in [-0.39, 0.29) is 0 Å². The van der Waals surface area contributed by atoms with E-state index in [2.05, 4.69) is 49.0 Å². The summed E-state index contributed by atoms with van der Waals surface area (Å²) in [5, 5.41) is 2.14. The molecule has 1 nitrogen and oxygen atoms in total. The van der Waals surface area contributed by atoms with Gasteiger partial charge in [-0.15, -0.1) is 11.3 Å². The summed E-state index contributed by atoms with van der Waals surface area (Å²) >= 11 is 6.25. The van der Waals surface area contributed by atoms with Crippen LogP contribution in [0.25, 0.3) is 0 Å². The van der Waals surface area contributed by atoms with Gasteiger partial charge in [0.25, 0.3) is 0 Å². The van der Waals surface area contributed by atoms with Crippen molar-refractivity contribution in [3.05, 3.63) is 22.4 Å². The molecule has 15 heavy (non-hydrogen) atoms. The van der Waals surface area contributed by atoms with Crippen LogP contribution in [0.15, 0.2) is 17.5 Å². The number of nitrogens with zero attached hydrogens (tertiary/aromatic N) is 1. The molecule has 1 aromatic rings. The van der Waals surface area contributed by atoms with Gasteiger partial charge in [0, 0.05) is 18.0 Å². The fraction of sp³-hybridized carbons (Fsp3) is 0.667. The minimum absolute atomic E-state index is 0.739. The third kappa shape index (κ3) is 5.05. The Morgan fingerprint density at radius 2 is 2.33 bits per heavy atom. The highest BCUT2D eigenvalue weighted by molar-refractivity contribution is 7.80.